The van der Waals surface area contributed by atoms with E-state index in [9.17, 15) is 4.39 Å². The Kier molecular flexibility index (Phi) is 3.88. The molecule has 0 N–H and O–H groups in total. The number of hydrogen-bond donors (Lipinski definition) is 0. The molecule has 0 amide bonds. The van der Waals surface area contributed by atoms with Gasteiger partial charge in [-0.05, 0) is 19.1 Å². The quantitative estimate of drug-likeness (QED) is 0.680. The minimum atomic E-state index is -0.294. The van der Waals surface area contributed by atoms with Crippen LogP contribution in [0.4, 0.5) is 4.39 Å². The predicted octanol–water partition coefficient (Wildman–Crippen LogP) is 2.89. The highest BCUT2D eigenvalue weighted by molar-refractivity contribution is 6.17. The van der Waals surface area contributed by atoms with Crippen molar-refractivity contribution in [3.8, 4) is 0 Å². The molecule has 0 aliphatic carbocycles. The summed E-state index contributed by atoms with van der Waals surface area (Å²) in [6.45, 7) is 2.41. The molecule has 2 heterocycles. The van der Waals surface area contributed by atoms with E-state index >= 15 is 0 Å². The van der Waals surface area contributed by atoms with Crippen LogP contribution < -0.4 is 0 Å². The summed E-state index contributed by atoms with van der Waals surface area (Å²) in [7, 11) is 0. The molecule has 7 heteroatoms. The van der Waals surface area contributed by atoms with E-state index in [0.29, 0.717) is 42.5 Å². The molecule has 3 rings (SSSR count). The summed E-state index contributed by atoms with van der Waals surface area (Å²) in [6, 6.07) is 4.59. The first-order valence-electron chi connectivity index (χ1n) is 6.67. The highest BCUT2D eigenvalue weighted by atomic mass is 35.5. The number of imidazole rings is 1. The van der Waals surface area contributed by atoms with Crippen LogP contribution in [0.15, 0.2) is 22.7 Å². The minimum Gasteiger partial charge on any atom is -0.339 e. The SMILES string of the molecule is Cc1noc(CCn2c(CCCl)nc3cc(F)ccc32)n1. The number of hydrogen-bond acceptors (Lipinski definition) is 4. The summed E-state index contributed by atoms with van der Waals surface area (Å²) in [6.07, 6.45) is 1.22. The highest BCUT2D eigenvalue weighted by Crippen LogP contribution is 2.19. The van der Waals surface area contributed by atoms with E-state index in [1.807, 2.05) is 4.57 Å². The predicted molar refractivity (Wildman–Crippen MR) is 76.9 cm³/mol. The second-order valence-electron chi connectivity index (χ2n) is 4.74. The first-order valence-corrected chi connectivity index (χ1v) is 7.20. The van der Waals surface area contributed by atoms with Gasteiger partial charge in [0.25, 0.3) is 0 Å². The molecule has 0 radical (unpaired) electrons. The molecule has 0 saturated carbocycles. The number of aromatic nitrogens is 4. The first-order chi connectivity index (χ1) is 10.2. The summed E-state index contributed by atoms with van der Waals surface area (Å²) in [4.78, 5) is 8.63. The van der Waals surface area contributed by atoms with Crippen LogP contribution in [-0.4, -0.2) is 25.6 Å². The Hall–Kier alpha value is -1.95. The second-order valence-corrected chi connectivity index (χ2v) is 5.11. The van der Waals surface area contributed by atoms with Crippen molar-refractivity contribution < 1.29 is 8.91 Å². The minimum absolute atomic E-state index is 0.294. The summed E-state index contributed by atoms with van der Waals surface area (Å²) in [5.74, 6) is 2.20. The number of halogens is 2. The maximum Gasteiger partial charge on any atom is 0.228 e. The van der Waals surface area contributed by atoms with Gasteiger partial charge in [-0.15, -0.1) is 11.6 Å². The number of nitrogens with zero attached hydrogens (tertiary/aromatic N) is 4. The Balaban J connectivity index is 1.92. The monoisotopic (exact) mass is 308 g/mol. The summed E-state index contributed by atoms with van der Waals surface area (Å²) >= 11 is 5.82. The van der Waals surface area contributed by atoms with Crippen LogP contribution in [-0.2, 0) is 19.4 Å². The van der Waals surface area contributed by atoms with Gasteiger partial charge >= 0.3 is 0 Å². The lowest BCUT2D eigenvalue weighted by Gasteiger charge is -2.06. The van der Waals surface area contributed by atoms with Crippen LogP contribution in [0.3, 0.4) is 0 Å². The molecule has 21 heavy (non-hydrogen) atoms. The van der Waals surface area contributed by atoms with Crippen molar-refractivity contribution in [2.24, 2.45) is 0 Å². The fourth-order valence-corrected chi connectivity index (χ4v) is 2.50. The molecule has 1 aromatic carbocycles. The average molecular weight is 309 g/mol. The molecule has 0 aliphatic rings. The van der Waals surface area contributed by atoms with Crippen LogP contribution >= 0.6 is 11.6 Å². The third kappa shape index (κ3) is 2.90. The zero-order chi connectivity index (χ0) is 14.8. The van der Waals surface area contributed by atoms with Gasteiger partial charge in [0.15, 0.2) is 5.82 Å². The van der Waals surface area contributed by atoms with Gasteiger partial charge in [-0.3, -0.25) is 0 Å². The van der Waals surface area contributed by atoms with Gasteiger partial charge in [-0.1, -0.05) is 5.16 Å². The Morgan fingerprint density at radius 3 is 2.86 bits per heavy atom. The van der Waals surface area contributed by atoms with Crippen molar-refractivity contribution in [2.45, 2.75) is 26.3 Å². The highest BCUT2D eigenvalue weighted by Gasteiger charge is 2.12. The lowest BCUT2D eigenvalue weighted by molar-refractivity contribution is 0.368. The van der Waals surface area contributed by atoms with Crippen molar-refractivity contribution in [3.63, 3.8) is 0 Å². The molecule has 110 valence electrons. The van der Waals surface area contributed by atoms with Crippen LogP contribution in [0.1, 0.15) is 17.5 Å². The largest absolute Gasteiger partial charge is 0.339 e. The van der Waals surface area contributed by atoms with Crippen molar-refractivity contribution in [2.75, 3.05) is 5.88 Å². The van der Waals surface area contributed by atoms with E-state index in [1.165, 1.54) is 12.1 Å². The molecular formula is C14H14ClFN4O. The molecule has 0 aliphatic heterocycles. The lowest BCUT2D eigenvalue weighted by Crippen LogP contribution is -2.07. The van der Waals surface area contributed by atoms with Gasteiger partial charge in [-0.25, -0.2) is 9.37 Å². The molecule has 0 atom stereocenters. The molecule has 0 fully saturated rings. The third-order valence-corrected chi connectivity index (χ3v) is 3.42. The molecule has 0 saturated heterocycles. The van der Waals surface area contributed by atoms with E-state index in [0.717, 1.165) is 11.3 Å². The van der Waals surface area contributed by atoms with Gasteiger partial charge in [0.05, 0.1) is 11.0 Å². The summed E-state index contributed by atoms with van der Waals surface area (Å²) < 4.78 is 20.4. The van der Waals surface area contributed by atoms with Crippen LogP contribution in [0.25, 0.3) is 11.0 Å². The van der Waals surface area contributed by atoms with Crippen LogP contribution in [0.2, 0.25) is 0 Å². The first kappa shape index (κ1) is 14.0. The molecule has 0 spiro atoms. The second kappa shape index (κ2) is 5.81. The van der Waals surface area contributed by atoms with E-state index in [2.05, 4.69) is 15.1 Å². The molecule has 2 aromatic heterocycles. The van der Waals surface area contributed by atoms with Crippen molar-refractivity contribution >= 4 is 22.6 Å². The van der Waals surface area contributed by atoms with Gasteiger partial charge in [-0.2, -0.15) is 4.98 Å². The van der Waals surface area contributed by atoms with E-state index < -0.39 is 0 Å². The normalized spacial score (nSPS) is 11.4. The van der Waals surface area contributed by atoms with Crippen molar-refractivity contribution in [3.05, 3.63) is 41.6 Å². The van der Waals surface area contributed by atoms with Gasteiger partial charge in [0.1, 0.15) is 11.6 Å². The van der Waals surface area contributed by atoms with E-state index in [-0.39, 0.29) is 5.82 Å². The third-order valence-electron chi connectivity index (χ3n) is 3.23. The maximum absolute atomic E-state index is 13.3. The number of benzene rings is 1. The fourth-order valence-electron chi connectivity index (χ4n) is 2.33. The summed E-state index contributed by atoms with van der Waals surface area (Å²) in [5.41, 5.74) is 1.52. The van der Waals surface area contributed by atoms with Gasteiger partial charge in [0, 0.05) is 31.3 Å². The summed E-state index contributed by atoms with van der Waals surface area (Å²) in [5, 5.41) is 3.77. The van der Waals surface area contributed by atoms with Gasteiger partial charge in [0.2, 0.25) is 5.89 Å². The average Bonchev–Trinajstić information content (AvgIpc) is 3.00. The Labute approximate surface area is 125 Å². The molecule has 0 unspecified atom stereocenters. The standard InChI is InChI=1S/C14H14ClFN4O/c1-9-17-14(21-19-9)5-7-20-12-3-2-10(16)8-11(12)18-13(20)4-6-15/h2-3,8H,4-7H2,1H3. The lowest BCUT2D eigenvalue weighted by atomic mass is 10.3. The number of aryl methyl sites for hydroxylation is 4. The number of alkyl halides is 1. The fraction of sp³-hybridized carbons (Fsp3) is 0.357. The number of rotatable bonds is 5. The Morgan fingerprint density at radius 1 is 1.29 bits per heavy atom. The van der Waals surface area contributed by atoms with Crippen LogP contribution in [0.5, 0.6) is 0 Å². The number of fused-ring (bicyclic) bond motifs is 1. The molecule has 3 aromatic rings. The molecular weight excluding hydrogens is 295 g/mol. The zero-order valence-electron chi connectivity index (χ0n) is 11.5. The Bertz CT molecular complexity index is 768. The van der Waals surface area contributed by atoms with Crippen LogP contribution in [0, 0.1) is 12.7 Å². The van der Waals surface area contributed by atoms with E-state index in [1.54, 1.807) is 13.0 Å². The molecule has 0 bridgehead atoms. The smallest absolute Gasteiger partial charge is 0.228 e. The van der Waals surface area contributed by atoms with Crippen molar-refractivity contribution in [1.29, 1.82) is 0 Å². The Morgan fingerprint density at radius 2 is 2.14 bits per heavy atom. The van der Waals surface area contributed by atoms with Crippen molar-refractivity contribution in [1.82, 2.24) is 19.7 Å². The topological polar surface area (TPSA) is 56.7 Å². The maximum atomic E-state index is 13.3. The van der Waals surface area contributed by atoms with Gasteiger partial charge < -0.3 is 9.09 Å². The van der Waals surface area contributed by atoms with E-state index in [4.69, 9.17) is 16.1 Å². The zero-order valence-corrected chi connectivity index (χ0v) is 12.3. The molecule has 5 nitrogen and oxygen atoms in total.